The predicted octanol–water partition coefficient (Wildman–Crippen LogP) is 1.64. The van der Waals surface area contributed by atoms with E-state index in [0.717, 1.165) is 0 Å². The van der Waals surface area contributed by atoms with Crippen LogP contribution in [-0.2, 0) is 4.79 Å². The van der Waals surface area contributed by atoms with Crippen molar-refractivity contribution < 1.29 is 9.53 Å². The molecule has 0 fully saturated rings. The Labute approximate surface area is 108 Å². The van der Waals surface area contributed by atoms with Crippen LogP contribution in [0.5, 0.6) is 5.75 Å². The third kappa shape index (κ3) is 4.11. The Balaban J connectivity index is 2.58. The number of rotatable bonds is 5. The third-order valence-electron chi connectivity index (χ3n) is 2.43. The molecule has 0 aliphatic rings. The molecule has 0 heterocycles. The predicted molar refractivity (Wildman–Crippen MR) is 72.5 cm³/mol. The molecule has 4 heteroatoms. The highest BCUT2D eigenvalue weighted by Crippen LogP contribution is 2.22. The molecule has 1 rings (SSSR count). The zero-order valence-corrected chi connectivity index (χ0v) is 10.9. The van der Waals surface area contributed by atoms with Crippen LogP contribution < -0.4 is 15.4 Å². The van der Waals surface area contributed by atoms with Gasteiger partial charge in [-0.25, -0.2) is 0 Å². The molecule has 2 N–H and O–H groups in total. The van der Waals surface area contributed by atoms with E-state index in [-0.39, 0.29) is 12.5 Å². The second kappa shape index (κ2) is 6.08. The van der Waals surface area contributed by atoms with E-state index >= 15 is 0 Å². The SMILES string of the molecule is C#CC(C)(C)NCC(=O)Nc1ccccc1OC. The number of methoxy groups -OCH3 is 1. The number of hydrogen-bond donors (Lipinski definition) is 2. The second-order valence-electron chi connectivity index (χ2n) is 4.37. The number of hydrogen-bond acceptors (Lipinski definition) is 3. The molecule has 0 bridgehead atoms. The number of carbonyl (C=O) groups excluding carboxylic acids is 1. The molecule has 0 saturated carbocycles. The lowest BCUT2D eigenvalue weighted by molar-refractivity contribution is -0.115. The maximum absolute atomic E-state index is 11.7. The number of amides is 1. The zero-order valence-electron chi connectivity index (χ0n) is 10.9. The fourth-order valence-corrected chi connectivity index (χ4v) is 1.29. The number of carbonyl (C=O) groups is 1. The zero-order chi connectivity index (χ0) is 13.6. The van der Waals surface area contributed by atoms with Crippen molar-refractivity contribution in [3.8, 4) is 18.1 Å². The first-order valence-corrected chi connectivity index (χ1v) is 5.64. The van der Waals surface area contributed by atoms with Gasteiger partial charge in [0.2, 0.25) is 5.91 Å². The highest BCUT2D eigenvalue weighted by molar-refractivity contribution is 5.93. The van der Waals surface area contributed by atoms with Gasteiger partial charge in [0.1, 0.15) is 5.75 Å². The van der Waals surface area contributed by atoms with Crippen molar-refractivity contribution in [2.45, 2.75) is 19.4 Å². The molecular formula is C14H18N2O2. The highest BCUT2D eigenvalue weighted by Gasteiger charge is 2.15. The maximum atomic E-state index is 11.7. The Hall–Kier alpha value is -1.99. The summed E-state index contributed by atoms with van der Waals surface area (Å²) in [5.41, 5.74) is 0.142. The van der Waals surface area contributed by atoms with E-state index in [2.05, 4.69) is 16.6 Å². The summed E-state index contributed by atoms with van der Waals surface area (Å²) in [4.78, 5) is 11.7. The molecular weight excluding hydrogens is 228 g/mol. The van der Waals surface area contributed by atoms with Gasteiger partial charge in [-0.1, -0.05) is 18.1 Å². The van der Waals surface area contributed by atoms with Gasteiger partial charge in [-0.15, -0.1) is 6.42 Å². The molecule has 1 amide bonds. The Kier molecular flexibility index (Phi) is 4.75. The molecule has 0 aliphatic carbocycles. The lowest BCUT2D eigenvalue weighted by Gasteiger charge is -2.19. The van der Waals surface area contributed by atoms with Gasteiger partial charge in [-0.05, 0) is 26.0 Å². The normalized spacial score (nSPS) is 10.6. The van der Waals surface area contributed by atoms with Gasteiger partial charge in [0.25, 0.3) is 0 Å². The van der Waals surface area contributed by atoms with E-state index in [9.17, 15) is 4.79 Å². The molecule has 0 spiro atoms. The molecule has 0 saturated heterocycles. The fourth-order valence-electron chi connectivity index (χ4n) is 1.29. The van der Waals surface area contributed by atoms with Crippen LogP contribution in [0.2, 0.25) is 0 Å². The summed E-state index contributed by atoms with van der Waals surface area (Å²) >= 11 is 0. The largest absolute Gasteiger partial charge is 0.495 e. The number of terminal acetylenes is 1. The summed E-state index contributed by atoms with van der Waals surface area (Å²) in [5, 5.41) is 5.74. The van der Waals surface area contributed by atoms with E-state index in [1.165, 1.54) is 0 Å². The number of benzene rings is 1. The summed E-state index contributed by atoms with van der Waals surface area (Å²) in [5.74, 6) is 3.03. The van der Waals surface area contributed by atoms with Gasteiger partial charge in [-0.2, -0.15) is 0 Å². The van der Waals surface area contributed by atoms with Crippen molar-refractivity contribution in [3.63, 3.8) is 0 Å². The third-order valence-corrected chi connectivity index (χ3v) is 2.43. The number of anilines is 1. The first-order valence-electron chi connectivity index (χ1n) is 5.64. The molecule has 0 aromatic heterocycles. The number of ether oxygens (including phenoxy) is 1. The molecule has 1 aromatic rings. The van der Waals surface area contributed by atoms with Crippen LogP contribution >= 0.6 is 0 Å². The van der Waals surface area contributed by atoms with Crippen molar-refractivity contribution in [2.75, 3.05) is 19.0 Å². The lowest BCUT2D eigenvalue weighted by Crippen LogP contribution is -2.42. The van der Waals surface area contributed by atoms with E-state index in [4.69, 9.17) is 11.2 Å². The minimum Gasteiger partial charge on any atom is -0.495 e. The van der Waals surface area contributed by atoms with Gasteiger partial charge in [0.05, 0.1) is 24.9 Å². The summed E-state index contributed by atoms with van der Waals surface area (Å²) in [6.07, 6.45) is 5.33. The molecule has 0 radical (unpaired) electrons. The van der Waals surface area contributed by atoms with E-state index in [1.54, 1.807) is 19.2 Å². The Morgan fingerprint density at radius 2 is 2.11 bits per heavy atom. The van der Waals surface area contributed by atoms with Crippen molar-refractivity contribution in [1.29, 1.82) is 0 Å². The molecule has 0 unspecified atom stereocenters. The number of para-hydroxylation sites is 2. The molecule has 96 valence electrons. The fraction of sp³-hybridized carbons (Fsp3) is 0.357. The van der Waals surface area contributed by atoms with Crippen LogP contribution in [-0.4, -0.2) is 25.1 Å². The van der Waals surface area contributed by atoms with Crippen LogP contribution in [0.3, 0.4) is 0 Å². The average Bonchev–Trinajstić information content (AvgIpc) is 2.37. The first kappa shape index (κ1) is 14.1. The maximum Gasteiger partial charge on any atom is 0.238 e. The standard InChI is InChI=1S/C14H18N2O2/c1-5-14(2,3)15-10-13(17)16-11-8-6-7-9-12(11)18-4/h1,6-9,15H,10H2,2-4H3,(H,16,17). The second-order valence-corrected chi connectivity index (χ2v) is 4.37. The van der Waals surface area contributed by atoms with Crippen LogP contribution in [0.4, 0.5) is 5.69 Å². The van der Waals surface area contributed by atoms with Crippen LogP contribution in [0, 0.1) is 12.3 Å². The summed E-state index contributed by atoms with van der Waals surface area (Å²) in [6.45, 7) is 3.82. The van der Waals surface area contributed by atoms with Gasteiger partial charge in [0, 0.05) is 0 Å². The molecule has 1 aromatic carbocycles. The minimum atomic E-state index is -0.502. The monoisotopic (exact) mass is 246 g/mol. The van der Waals surface area contributed by atoms with Gasteiger partial charge in [-0.3, -0.25) is 10.1 Å². The van der Waals surface area contributed by atoms with Gasteiger partial charge in [0.15, 0.2) is 0 Å². The van der Waals surface area contributed by atoms with Gasteiger partial charge >= 0.3 is 0 Å². The number of nitrogens with one attached hydrogen (secondary N) is 2. The lowest BCUT2D eigenvalue weighted by atomic mass is 10.1. The molecule has 18 heavy (non-hydrogen) atoms. The summed E-state index contributed by atoms with van der Waals surface area (Å²) < 4.78 is 5.15. The quantitative estimate of drug-likeness (QED) is 0.776. The van der Waals surface area contributed by atoms with Crippen molar-refractivity contribution in [3.05, 3.63) is 24.3 Å². The average molecular weight is 246 g/mol. The molecule has 0 aliphatic heterocycles. The van der Waals surface area contributed by atoms with Crippen LogP contribution in [0.25, 0.3) is 0 Å². The van der Waals surface area contributed by atoms with E-state index < -0.39 is 5.54 Å². The first-order chi connectivity index (χ1) is 8.48. The Morgan fingerprint density at radius 1 is 1.44 bits per heavy atom. The van der Waals surface area contributed by atoms with Crippen LogP contribution in [0.1, 0.15) is 13.8 Å². The molecule has 4 nitrogen and oxygen atoms in total. The smallest absolute Gasteiger partial charge is 0.238 e. The van der Waals surface area contributed by atoms with Crippen molar-refractivity contribution >= 4 is 11.6 Å². The Bertz CT molecular complexity index is 461. The van der Waals surface area contributed by atoms with E-state index in [1.807, 2.05) is 26.0 Å². The van der Waals surface area contributed by atoms with Crippen LogP contribution in [0.15, 0.2) is 24.3 Å². The van der Waals surface area contributed by atoms with Crippen molar-refractivity contribution in [1.82, 2.24) is 5.32 Å². The van der Waals surface area contributed by atoms with E-state index in [0.29, 0.717) is 11.4 Å². The summed E-state index contributed by atoms with van der Waals surface area (Å²) in [6, 6.07) is 7.24. The summed E-state index contributed by atoms with van der Waals surface area (Å²) in [7, 11) is 1.56. The highest BCUT2D eigenvalue weighted by atomic mass is 16.5. The van der Waals surface area contributed by atoms with Gasteiger partial charge < -0.3 is 10.1 Å². The Morgan fingerprint density at radius 3 is 2.72 bits per heavy atom. The van der Waals surface area contributed by atoms with Crippen molar-refractivity contribution in [2.24, 2.45) is 0 Å². The topological polar surface area (TPSA) is 50.4 Å². The minimum absolute atomic E-state index is 0.148. The molecule has 0 atom stereocenters.